The van der Waals surface area contributed by atoms with Gasteiger partial charge in [0.1, 0.15) is 18.0 Å². The Morgan fingerprint density at radius 2 is 1.91 bits per heavy atom. The summed E-state index contributed by atoms with van der Waals surface area (Å²) in [4.78, 5) is 21.9. The van der Waals surface area contributed by atoms with E-state index in [2.05, 4.69) is 20.3 Å². The average molecular weight is 457 g/mol. The van der Waals surface area contributed by atoms with Crippen LogP contribution in [0.15, 0.2) is 48.7 Å². The second kappa shape index (κ2) is 9.44. The van der Waals surface area contributed by atoms with Gasteiger partial charge in [-0.2, -0.15) is 9.97 Å². The minimum Gasteiger partial charge on any atom is -0.485 e. The highest BCUT2D eigenvalue weighted by Gasteiger charge is 2.16. The summed E-state index contributed by atoms with van der Waals surface area (Å²) in [6, 6.07) is 9.33. The Morgan fingerprint density at radius 3 is 2.64 bits per heavy atom. The Morgan fingerprint density at radius 1 is 1.12 bits per heavy atom. The summed E-state index contributed by atoms with van der Waals surface area (Å²) in [7, 11) is 1.45. The van der Waals surface area contributed by atoms with E-state index in [4.69, 9.17) is 14.2 Å². The minimum atomic E-state index is -0.914. The lowest BCUT2D eigenvalue weighted by atomic mass is 10.2. The number of hydrogen-bond donors (Lipinski definition) is 2. The fourth-order valence-corrected chi connectivity index (χ4v) is 2.95. The second-order valence-electron chi connectivity index (χ2n) is 6.68. The Bertz CT molecular complexity index is 1290. The molecule has 0 saturated carbocycles. The van der Waals surface area contributed by atoms with E-state index in [0.29, 0.717) is 11.0 Å². The number of nitrogens with zero attached hydrogens (tertiary/aromatic N) is 3. The van der Waals surface area contributed by atoms with Crippen molar-refractivity contribution in [1.29, 1.82) is 0 Å². The summed E-state index contributed by atoms with van der Waals surface area (Å²) in [6.07, 6.45) is 1.61. The van der Waals surface area contributed by atoms with Gasteiger partial charge in [0.15, 0.2) is 17.4 Å². The number of anilines is 2. The van der Waals surface area contributed by atoms with Gasteiger partial charge in [-0.05, 0) is 12.1 Å². The van der Waals surface area contributed by atoms with E-state index in [1.165, 1.54) is 31.4 Å². The van der Waals surface area contributed by atoms with Gasteiger partial charge in [0.25, 0.3) is 5.69 Å². The number of ether oxygens (including phenoxy) is 3. The molecule has 0 fully saturated rings. The summed E-state index contributed by atoms with van der Waals surface area (Å²) < 4.78 is 44.3. The third-order valence-electron chi connectivity index (χ3n) is 4.41. The molecule has 0 amide bonds. The van der Waals surface area contributed by atoms with Gasteiger partial charge in [0.2, 0.25) is 11.8 Å². The maximum absolute atomic E-state index is 14.3. The summed E-state index contributed by atoms with van der Waals surface area (Å²) in [5.74, 6) is -2.09. The Balaban J connectivity index is 1.62. The third kappa shape index (κ3) is 4.96. The molecule has 0 radical (unpaired) electrons. The SMILES string of the molecule is COCCOc1c(F)cc(Nc2nc(Oc3cccc([N+](=O)[O-])c3)c3cc[nH]c3n2)cc1F. The quantitative estimate of drug-likeness (QED) is 0.210. The molecule has 33 heavy (non-hydrogen) atoms. The van der Waals surface area contributed by atoms with Crippen molar-refractivity contribution in [3.8, 4) is 17.4 Å². The topological polar surface area (TPSA) is 124 Å². The maximum atomic E-state index is 14.3. The highest BCUT2D eigenvalue weighted by atomic mass is 19.1. The van der Waals surface area contributed by atoms with Crippen LogP contribution >= 0.6 is 0 Å². The molecule has 2 aromatic carbocycles. The largest absolute Gasteiger partial charge is 0.485 e. The highest BCUT2D eigenvalue weighted by molar-refractivity contribution is 5.82. The van der Waals surface area contributed by atoms with Crippen molar-refractivity contribution in [2.75, 3.05) is 25.6 Å². The zero-order chi connectivity index (χ0) is 23.4. The molecule has 0 aliphatic heterocycles. The van der Waals surface area contributed by atoms with E-state index in [-0.39, 0.29) is 42.2 Å². The van der Waals surface area contributed by atoms with Gasteiger partial charge >= 0.3 is 0 Å². The predicted octanol–water partition coefficient (Wildman–Crippen LogP) is 4.71. The summed E-state index contributed by atoms with van der Waals surface area (Å²) in [6.45, 7) is 0.165. The second-order valence-corrected chi connectivity index (χ2v) is 6.68. The van der Waals surface area contributed by atoms with Crippen molar-refractivity contribution in [2.24, 2.45) is 0 Å². The molecular weight excluding hydrogens is 440 g/mol. The van der Waals surface area contributed by atoms with Crippen molar-refractivity contribution in [3.05, 3.63) is 70.4 Å². The molecule has 170 valence electrons. The number of hydrogen-bond acceptors (Lipinski definition) is 8. The number of halogens is 2. The van der Waals surface area contributed by atoms with E-state index in [1.807, 2.05) is 0 Å². The number of nitrogens with one attached hydrogen (secondary N) is 2. The first-order valence-electron chi connectivity index (χ1n) is 9.60. The molecule has 2 heterocycles. The van der Waals surface area contributed by atoms with E-state index in [1.54, 1.807) is 12.3 Å². The number of nitro groups is 1. The van der Waals surface area contributed by atoms with Crippen LogP contribution in [0.25, 0.3) is 11.0 Å². The molecule has 4 rings (SSSR count). The van der Waals surface area contributed by atoms with Gasteiger partial charge in [-0.25, -0.2) is 8.78 Å². The summed E-state index contributed by atoms with van der Waals surface area (Å²) in [5, 5.41) is 14.3. The Labute approximate surface area is 185 Å². The molecule has 4 aromatic rings. The standard InChI is InChI=1S/C21H17F2N5O5/c1-31-7-8-32-18-16(22)9-12(10-17(18)23)25-21-26-19-15(5-6-24-19)20(27-21)33-14-4-2-3-13(11-14)28(29)30/h2-6,9-11H,7-8H2,1H3,(H2,24,25,26,27). The number of benzene rings is 2. The number of methoxy groups -OCH3 is 1. The first kappa shape index (κ1) is 21.9. The van der Waals surface area contributed by atoms with Crippen molar-refractivity contribution >= 4 is 28.4 Å². The molecule has 10 nitrogen and oxygen atoms in total. The van der Waals surface area contributed by atoms with Crippen LogP contribution in [0.5, 0.6) is 17.4 Å². The van der Waals surface area contributed by atoms with Crippen LogP contribution in [0, 0.1) is 21.7 Å². The van der Waals surface area contributed by atoms with Crippen molar-refractivity contribution < 1.29 is 27.9 Å². The van der Waals surface area contributed by atoms with Gasteiger partial charge in [-0.3, -0.25) is 10.1 Å². The number of H-pyrrole nitrogens is 1. The van der Waals surface area contributed by atoms with E-state index in [0.717, 1.165) is 12.1 Å². The monoisotopic (exact) mass is 457 g/mol. The fraction of sp³-hybridized carbons (Fsp3) is 0.143. The summed E-state index contributed by atoms with van der Waals surface area (Å²) in [5.41, 5.74) is 0.272. The van der Waals surface area contributed by atoms with E-state index in [9.17, 15) is 18.9 Å². The molecule has 0 unspecified atom stereocenters. The lowest BCUT2D eigenvalue weighted by Gasteiger charge is -2.12. The first-order chi connectivity index (χ1) is 15.9. The van der Waals surface area contributed by atoms with Gasteiger partial charge in [0.05, 0.1) is 23.0 Å². The molecule has 0 spiro atoms. The highest BCUT2D eigenvalue weighted by Crippen LogP contribution is 2.32. The van der Waals surface area contributed by atoms with Gasteiger partial charge in [0, 0.05) is 37.2 Å². The van der Waals surface area contributed by atoms with Crippen LogP contribution in [0.3, 0.4) is 0 Å². The molecule has 0 aliphatic rings. The molecule has 0 bridgehead atoms. The van der Waals surface area contributed by atoms with E-state index < -0.39 is 22.3 Å². The van der Waals surface area contributed by atoms with E-state index >= 15 is 0 Å². The van der Waals surface area contributed by atoms with Crippen LogP contribution in [0.4, 0.5) is 26.1 Å². The molecular formula is C21H17F2N5O5. The molecule has 0 aliphatic carbocycles. The van der Waals surface area contributed by atoms with Crippen molar-refractivity contribution in [3.63, 3.8) is 0 Å². The molecule has 0 atom stereocenters. The molecule has 12 heteroatoms. The number of rotatable bonds is 9. The summed E-state index contributed by atoms with van der Waals surface area (Å²) >= 11 is 0. The Kier molecular flexibility index (Phi) is 6.26. The third-order valence-corrected chi connectivity index (χ3v) is 4.41. The lowest BCUT2D eigenvalue weighted by molar-refractivity contribution is -0.384. The van der Waals surface area contributed by atoms with Crippen molar-refractivity contribution in [1.82, 2.24) is 15.0 Å². The van der Waals surface area contributed by atoms with Gasteiger partial charge in [-0.15, -0.1) is 0 Å². The van der Waals surface area contributed by atoms with Gasteiger partial charge in [-0.1, -0.05) is 6.07 Å². The van der Waals surface area contributed by atoms with Gasteiger partial charge < -0.3 is 24.5 Å². The normalized spacial score (nSPS) is 10.9. The number of aromatic amines is 1. The van der Waals surface area contributed by atoms with Crippen LogP contribution in [-0.2, 0) is 4.74 Å². The zero-order valence-corrected chi connectivity index (χ0v) is 17.2. The number of nitro benzene ring substituents is 1. The van der Waals surface area contributed by atoms with Crippen LogP contribution < -0.4 is 14.8 Å². The number of fused-ring (bicyclic) bond motifs is 1. The van der Waals surface area contributed by atoms with Crippen LogP contribution in [0.1, 0.15) is 0 Å². The van der Waals surface area contributed by atoms with Crippen LogP contribution in [0.2, 0.25) is 0 Å². The maximum Gasteiger partial charge on any atom is 0.273 e. The molecule has 0 saturated heterocycles. The molecule has 2 N–H and O–H groups in total. The zero-order valence-electron chi connectivity index (χ0n) is 17.2. The lowest BCUT2D eigenvalue weighted by Crippen LogP contribution is -2.07. The first-order valence-corrected chi connectivity index (χ1v) is 9.60. The Hall–Kier alpha value is -4.32. The minimum absolute atomic E-state index is 0.0118. The average Bonchev–Trinajstić information content (AvgIpc) is 3.25. The van der Waals surface area contributed by atoms with Crippen LogP contribution in [-0.4, -0.2) is 40.2 Å². The molecule has 2 aromatic heterocycles. The predicted molar refractivity (Wildman–Crippen MR) is 114 cm³/mol. The smallest absolute Gasteiger partial charge is 0.273 e. The fourth-order valence-electron chi connectivity index (χ4n) is 2.95. The number of non-ortho nitro benzene ring substituents is 1. The number of aromatic nitrogens is 3. The van der Waals surface area contributed by atoms with Crippen molar-refractivity contribution in [2.45, 2.75) is 0 Å².